The van der Waals surface area contributed by atoms with Crippen LogP contribution in [0.1, 0.15) is 5.82 Å². The highest BCUT2D eigenvalue weighted by Crippen LogP contribution is 2.29. The van der Waals surface area contributed by atoms with Crippen LogP contribution in [0.5, 0.6) is 0 Å². The van der Waals surface area contributed by atoms with E-state index in [4.69, 9.17) is 5.73 Å². The Morgan fingerprint density at radius 3 is 2.76 bits per heavy atom. The first-order chi connectivity index (χ1) is 9.83. The van der Waals surface area contributed by atoms with Crippen molar-refractivity contribution in [3.8, 4) is 0 Å². The van der Waals surface area contributed by atoms with E-state index in [9.17, 15) is 18.5 Å². The van der Waals surface area contributed by atoms with Crippen molar-refractivity contribution in [2.45, 2.75) is 11.4 Å². The Bertz CT molecular complexity index is 784. The Balaban J connectivity index is 2.34. The van der Waals surface area contributed by atoms with E-state index in [-0.39, 0.29) is 12.2 Å². The second-order valence-corrected chi connectivity index (χ2v) is 5.97. The van der Waals surface area contributed by atoms with E-state index in [0.29, 0.717) is 5.82 Å². The van der Waals surface area contributed by atoms with Crippen molar-refractivity contribution < 1.29 is 13.3 Å². The first-order valence-electron chi connectivity index (χ1n) is 5.81. The maximum absolute atomic E-state index is 12.2. The third-order valence-corrected chi connectivity index (χ3v) is 4.28. The van der Waals surface area contributed by atoms with Crippen LogP contribution in [0.4, 0.5) is 11.4 Å². The van der Waals surface area contributed by atoms with Gasteiger partial charge in [-0.15, -0.1) is 0 Å². The number of nitrogens with zero attached hydrogens (tertiary/aromatic N) is 3. The van der Waals surface area contributed by atoms with E-state index in [1.165, 1.54) is 18.3 Å². The third kappa shape index (κ3) is 3.01. The van der Waals surface area contributed by atoms with Gasteiger partial charge >= 0.3 is 5.69 Å². The topological polar surface area (TPSA) is 133 Å². The highest BCUT2D eigenvalue weighted by Gasteiger charge is 2.28. The van der Waals surface area contributed by atoms with Crippen molar-refractivity contribution in [2.24, 2.45) is 7.05 Å². The minimum absolute atomic E-state index is 0.0855. The van der Waals surface area contributed by atoms with E-state index in [0.717, 1.165) is 6.07 Å². The van der Waals surface area contributed by atoms with Gasteiger partial charge in [-0.25, -0.2) is 18.1 Å². The van der Waals surface area contributed by atoms with E-state index < -0.39 is 25.5 Å². The Hall–Kier alpha value is -2.46. The van der Waals surface area contributed by atoms with Crippen molar-refractivity contribution >= 4 is 21.4 Å². The zero-order chi connectivity index (χ0) is 15.6. The van der Waals surface area contributed by atoms with E-state index in [2.05, 4.69) is 9.71 Å². The molecule has 0 bridgehead atoms. The summed E-state index contributed by atoms with van der Waals surface area (Å²) in [7, 11) is -2.37. The number of para-hydroxylation sites is 1. The molecule has 2 aromatic rings. The molecule has 21 heavy (non-hydrogen) atoms. The third-order valence-electron chi connectivity index (χ3n) is 2.84. The summed E-state index contributed by atoms with van der Waals surface area (Å²) < 4.78 is 28.3. The number of anilines is 1. The summed E-state index contributed by atoms with van der Waals surface area (Å²) in [4.78, 5) is 13.7. The standard InChI is InChI=1S/C11H13N5O4S/c1-15-6-5-13-10(15)7-14-21(19,20)9-4-2-3-8(12)11(9)16(17)18/h2-6,14H,7,12H2,1H3. The lowest BCUT2D eigenvalue weighted by Gasteiger charge is -2.08. The number of imidazole rings is 1. The fourth-order valence-corrected chi connectivity index (χ4v) is 2.93. The second-order valence-electron chi connectivity index (χ2n) is 4.23. The molecule has 9 nitrogen and oxygen atoms in total. The van der Waals surface area contributed by atoms with Crippen LogP contribution in [-0.4, -0.2) is 22.9 Å². The van der Waals surface area contributed by atoms with Crippen LogP contribution >= 0.6 is 0 Å². The summed E-state index contributed by atoms with van der Waals surface area (Å²) in [6.07, 6.45) is 3.18. The normalized spacial score (nSPS) is 11.5. The smallest absolute Gasteiger partial charge is 0.312 e. The molecular formula is C11H13N5O4S. The monoisotopic (exact) mass is 311 g/mol. The Morgan fingerprint density at radius 2 is 2.19 bits per heavy atom. The fraction of sp³-hybridized carbons (Fsp3) is 0.182. The quantitative estimate of drug-likeness (QED) is 0.466. The first-order valence-corrected chi connectivity index (χ1v) is 7.30. The Morgan fingerprint density at radius 1 is 1.48 bits per heavy atom. The Kier molecular flexibility index (Phi) is 3.91. The van der Waals surface area contributed by atoms with Gasteiger partial charge in [-0.3, -0.25) is 10.1 Å². The van der Waals surface area contributed by atoms with Crippen molar-refractivity contribution in [1.82, 2.24) is 14.3 Å². The molecule has 0 saturated carbocycles. The van der Waals surface area contributed by atoms with E-state index in [1.807, 2.05) is 0 Å². The molecule has 10 heteroatoms. The minimum Gasteiger partial charge on any atom is -0.393 e. The summed E-state index contributed by atoms with van der Waals surface area (Å²) in [6, 6.07) is 3.75. The molecule has 3 N–H and O–H groups in total. The lowest BCUT2D eigenvalue weighted by atomic mass is 10.3. The molecule has 0 unspecified atom stereocenters. The number of rotatable bonds is 5. The van der Waals surface area contributed by atoms with Crippen molar-refractivity contribution in [3.05, 3.63) is 46.5 Å². The number of aromatic nitrogens is 2. The van der Waals surface area contributed by atoms with Gasteiger partial charge in [-0.1, -0.05) is 6.07 Å². The molecule has 0 saturated heterocycles. The van der Waals surface area contributed by atoms with Gasteiger partial charge in [0.25, 0.3) is 0 Å². The molecule has 0 amide bonds. The molecule has 0 fully saturated rings. The summed E-state index contributed by atoms with van der Waals surface area (Å²) in [6.45, 7) is -0.0855. The Labute approximate surface area is 120 Å². The maximum Gasteiger partial charge on any atom is 0.312 e. The summed E-state index contributed by atoms with van der Waals surface area (Å²) >= 11 is 0. The molecule has 0 aliphatic heterocycles. The average molecular weight is 311 g/mol. The van der Waals surface area contributed by atoms with Crippen LogP contribution in [0.25, 0.3) is 0 Å². The van der Waals surface area contributed by atoms with Gasteiger partial charge in [0, 0.05) is 19.4 Å². The van der Waals surface area contributed by atoms with Gasteiger partial charge in [-0.2, -0.15) is 0 Å². The number of nitro groups is 1. The van der Waals surface area contributed by atoms with Crippen molar-refractivity contribution in [2.75, 3.05) is 5.73 Å². The summed E-state index contributed by atoms with van der Waals surface area (Å²) in [5.41, 5.74) is 4.64. The number of nitrogen functional groups attached to an aromatic ring is 1. The number of nitrogens with two attached hydrogens (primary N) is 1. The van der Waals surface area contributed by atoms with Crippen molar-refractivity contribution in [3.63, 3.8) is 0 Å². The first kappa shape index (κ1) is 14.9. The number of nitrogens with one attached hydrogen (secondary N) is 1. The molecule has 0 atom stereocenters. The highest BCUT2D eigenvalue weighted by molar-refractivity contribution is 7.89. The number of aryl methyl sites for hydroxylation is 1. The van der Waals surface area contributed by atoms with Crippen LogP contribution in [0.2, 0.25) is 0 Å². The lowest BCUT2D eigenvalue weighted by molar-refractivity contribution is -0.386. The predicted octanol–water partition coefficient (Wildman–Crippen LogP) is 0.389. The zero-order valence-electron chi connectivity index (χ0n) is 11.1. The SMILES string of the molecule is Cn1ccnc1CNS(=O)(=O)c1cccc(N)c1[N+](=O)[O-]. The molecule has 0 aliphatic rings. The van der Waals surface area contributed by atoms with E-state index in [1.54, 1.807) is 17.8 Å². The van der Waals surface area contributed by atoms with Gasteiger partial charge in [0.15, 0.2) is 4.90 Å². The highest BCUT2D eigenvalue weighted by atomic mass is 32.2. The molecule has 1 aromatic carbocycles. The predicted molar refractivity (Wildman–Crippen MR) is 74.7 cm³/mol. The van der Waals surface area contributed by atoms with Crippen LogP contribution in [0.3, 0.4) is 0 Å². The largest absolute Gasteiger partial charge is 0.393 e. The molecule has 0 spiro atoms. The van der Waals surface area contributed by atoms with Crippen LogP contribution < -0.4 is 10.5 Å². The molecule has 0 radical (unpaired) electrons. The molecule has 0 aliphatic carbocycles. The zero-order valence-corrected chi connectivity index (χ0v) is 11.9. The minimum atomic E-state index is -4.08. The van der Waals surface area contributed by atoms with Crippen molar-refractivity contribution in [1.29, 1.82) is 0 Å². The number of benzene rings is 1. The molecule has 1 heterocycles. The van der Waals surface area contributed by atoms with Gasteiger partial charge < -0.3 is 10.3 Å². The van der Waals surface area contributed by atoms with Gasteiger partial charge in [0.2, 0.25) is 10.0 Å². The average Bonchev–Trinajstić information content (AvgIpc) is 2.81. The summed E-state index contributed by atoms with van der Waals surface area (Å²) in [5, 5.41) is 11.0. The van der Waals surface area contributed by atoms with Crippen LogP contribution in [0, 0.1) is 10.1 Å². The summed E-state index contributed by atoms with van der Waals surface area (Å²) in [5.74, 6) is 0.477. The van der Waals surface area contributed by atoms with Crippen LogP contribution in [0.15, 0.2) is 35.5 Å². The number of sulfonamides is 1. The molecule has 1 aromatic heterocycles. The van der Waals surface area contributed by atoms with Gasteiger partial charge in [-0.05, 0) is 12.1 Å². The molecule has 112 valence electrons. The molecule has 2 rings (SSSR count). The van der Waals surface area contributed by atoms with E-state index >= 15 is 0 Å². The van der Waals surface area contributed by atoms with Gasteiger partial charge in [0.05, 0.1) is 11.5 Å². The van der Waals surface area contributed by atoms with Gasteiger partial charge in [0.1, 0.15) is 11.5 Å². The maximum atomic E-state index is 12.2. The van der Waals surface area contributed by atoms with Crippen LogP contribution in [-0.2, 0) is 23.6 Å². The molecular weight excluding hydrogens is 298 g/mol. The number of hydrogen-bond acceptors (Lipinski definition) is 6. The number of nitro benzene ring substituents is 1. The lowest BCUT2D eigenvalue weighted by Crippen LogP contribution is -2.25. The second kappa shape index (κ2) is 5.50. The number of hydrogen-bond donors (Lipinski definition) is 2. The fourth-order valence-electron chi connectivity index (χ4n) is 1.76.